The van der Waals surface area contributed by atoms with Gasteiger partial charge in [0, 0.05) is 19.5 Å². The minimum absolute atomic E-state index is 0.105. The van der Waals surface area contributed by atoms with Gasteiger partial charge in [-0.3, -0.25) is 18.7 Å². The first-order chi connectivity index (χ1) is 16.5. The molecule has 174 valence electrons. The summed E-state index contributed by atoms with van der Waals surface area (Å²) in [7, 11) is 0. The van der Waals surface area contributed by atoms with E-state index in [9.17, 15) is 14.4 Å². The SMILES string of the molecule is CCn1c(=O)n(CCC(=O)Nc2ccccc2C(=O)NC(C)c2ccccc2)c2ccccc21. The van der Waals surface area contributed by atoms with Crippen molar-refractivity contribution < 1.29 is 9.59 Å². The number of hydrogen-bond acceptors (Lipinski definition) is 3. The van der Waals surface area contributed by atoms with Gasteiger partial charge in [0.2, 0.25) is 5.91 Å². The standard InChI is InChI=1S/C27H28N4O3/c1-3-30-23-15-9-10-16-24(23)31(27(30)34)18-17-25(32)29-22-14-8-7-13-21(22)26(33)28-19(2)20-11-5-4-6-12-20/h4-16,19H,3,17-18H2,1-2H3,(H,28,33)(H,29,32). The highest BCUT2D eigenvalue weighted by molar-refractivity contribution is 6.03. The molecule has 0 bridgehead atoms. The van der Waals surface area contributed by atoms with Crippen molar-refractivity contribution in [3.63, 3.8) is 0 Å². The average Bonchev–Trinajstić information content (AvgIpc) is 3.13. The Morgan fingerprint density at radius 3 is 2.18 bits per heavy atom. The molecule has 0 aliphatic heterocycles. The van der Waals surface area contributed by atoms with Crippen molar-refractivity contribution in [2.75, 3.05) is 5.32 Å². The van der Waals surface area contributed by atoms with Crippen LogP contribution in [0.5, 0.6) is 0 Å². The lowest BCUT2D eigenvalue weighted by atomic mass is 10.1. The molecule has 3 aromatic carbocycles. The fraction of sp³-hybridized carbons (Fsp3) is 0.222. The number of aryl methyl sites for hydroxylation is 2. The number of carbonyl (C=O) groups excluding carboxylic acids is 2. The van der Waals surface area contributed by atoms with Crippen LogP contribution in [0, 0.1) is 0 Å². The fourth-order valence-electron chi connectivity index (χ4n) is 4.11. The molecule has 0 saturated carbocycles. The van der Waals surface area contributed by atoms with Crippen molar-refractivity contribution in [1.82, 2.24) is 14.5 Å². The molecule has 1 aromatic heterocycles. The molecule has 0 fully saturated rings. The second kappa shape index (κ2) is 10.2. The summed E-state index contributed by atoms with van der Waals surface area (Å²) in [4.78, 5) is 38.5. The number of nitrogens with one attached hydrogen (secondary N) is 2. The van der Waals surface area contributed by atoms with E-state index < -0.39 is 0 Å². The van der Waals surface area contributed by atoms with Crippen molar-refractivity contribution in [3.05, 3.63) is 100 Å². The van der Waals surface area contributed by atoms with Crippen LogP contribution in [0.25, 0.3) is 11.0 Å². The van der Waals surface area contributed by atoms with Crippen molar-refractivity contribution in [1.29, 1.82) is 0 Å². The Kier molecular flexibility index (Phi) is 6.92. The van der Waals surface area contributed by atoms with Gasteiger partial charge in [-0.2, -0.15) is 0 Å². The van der Waals surface area contributed by atoms with E-state index >= 15 is 0 Å². The number of nitrogens with zero attached hydrogens (tertiary/aromatic N) is 2. The third kappa shape index (κ3) is 4.78. The summed E-state index contributed by atoms with van der Waals surface area (Å²) in [6.45, 7) is 4.64. The molecular formula is C27H28N4O3. The molecular weight excluding hydrogens is 428 g/mol. The number of amides is 2. The van der Waals surface area contributed by atoms with Crippen molar-refractivity contribution in [2.45, 2.75) is 39.4 Å². The number of benzene rings is 3. The summed E-state index contributed by atoms with van der Waals surface area (Å²) < 4.78 is 3.32. The first kappa shape index (κ1) is 23.0. The molecule has 4 aromatic rings. The maximum Gasteiger partial charge on any atom is 0.329 e. The smallest absolute Gasteiger partial charge is 0.329 e. The number of hydrogen-bond donors (Lipinski definition) is 2. The zero-order valence-electron chi connectivity index (χ0n) is 19.3. The molecule has 0 aliphatic rings. The third-order valence-corrected chi connectivity index (χ3v) is 5.90. The molecule has 2 N–H and O–H groups in total. The number of anilines is 1. The summed E-state index contributed by atoms with van der Waals surface area (Å²) in [6, 6.07) is 24.0. The van der Waals surface area contributed by atoms with Crippen LogP contribution in [0.4, 0.5) is 5.69 Å². The van der Waals surface area contributed by atoms with E-state index in [1.54, 1.807) is 33.4 Å². The molecule has 7 heteroatoms. The van der Waals surface area contributed by atoms with E-state index in [1.165, 1.54) is 0 Å². The van der Waals surface area contributed by atoms with Crippen molar-refractivity contribution >= 4 is 28.5 Å². The first-order valence-corrected chi connectivity index (χ1v) is 11.4. The topological polar surface area (TPSA) is 85.1 Å². The predicted octanol–water partition coefficient (Wildman–Crippen LogP) is 4.34. The second-order valence-electron chi connectivity index (χ2n) is 8.12. The molecule has 7 nitrogen and oxygen atoms in total. The third-order valence-electron chi connectivity index (χ3n) is 5.90. The van der Waals surface area contributed by atoms with Gasteiger partial charge in [-0.15, -0.1) is 0 Å². The average molecular weight is 457 g/mol. The van der Waals surface area contributed by atoms with Gasteiger partial charge in [-0.05, 0) is 43.7 Å². The Bertz CT molecular complexity index is 1370. The quantitative estimate of drug-likeness (QED) is 0.414. The Hall–Kier alpha value is -4.13. The van der Waals surface area contributed by atoms with Gasteiger partial charge in [-0.1, -0.05) is 54.6 Å². The maximum absolute atomic E-state index is 12.9. The number of imidazole rings is 1. The van der Waals surface area contributed by atoms with Crippen LogP contribution in [0.3, 0.4) is 0 Å². The van der Waals surface area contributed by atoms with E-state index in [-0.39, 0.29) is 36.5 Å². The van der Waals surface area contributed by atoms with Crippen LogP contribution < -0.4 is 16.3 Å². The highest BCUT2D eigenvalue weighted by Crippen LogP contribution is 2.19. The van der Waals surface area contributed by atoms with E-state index in [2.05, 4.69) is 10.6 Å². The summed E-state index contributed by atoms with van der Waals surface area (Å²) in [5, 5.41) is 5.82. The minimum atomic E-state index is -0.269. The van der Waals surface area contributed by atoms with Gasteiger partial charge in [0.25, 0.3) is 5.91 Å². The van der Waals surface area contributed by atoms with Gasteiger partial charge in [0.05, 0.1) is 28.3 Å². The number of para-hydroxylation sites is 3. The minimum Gasteiger partial charge on any atom is -0.345 e. The highest BCUT2D eigenvalue weighted by Gasteiger charge is 2.17. The summed E-state index contributed by atoms with van der Waals surface area (Å²) >= 11 is 0. The number of rotatable bonds is 8. The maximum atomic E-state index is 12.9. The summed E-state index contributed by atoms with van der Waals surface area (Å²) in [5.74, 6) is -0.536. The zero-order valence-corrected chi connectivity index (χ0v) is 19.3. The molecule has 34 heavy (non-hydrogen) atoms. The Labute approximate surface area is 198 Å². The van der Waals surface area contributed by atoms with Crippen LogP contribution in [0.2, 0.25) is 0 Å². The predicted molar refractivity (Wildman–Crippen MR) is 134 cm³/mol. The molecule has 1 heterocycles. The Morgan fingerprint density at radius 2 is 1.47 bits per heavy atom. The van der Waals surface area contributed by atoms with Crippen LogP contribution in [-0.2, 0) is 17.9 Å². The fourth-order valence-corrected chi connectivity index (χ4v) is 4.11. The Balaban J connectivity index is 1.46. The monoisotopic (exact) mass is 456 g/mol. The molecule has 2 amide bonds. The van der Waals surface area contributed by atoms with Crippen LogP contribution in [0.15, 0.2) is 83.7 Å². The lowest BCUT2D eigenvalue weighted by Gasteiger charge is -2.16. The normalized spacial score (nSPS) is 11.8. The highest BCUT2D eigenvalue weighted by atomic mass is 16.2. The largest absolute Gasteiger partial charge is 0.345 e. The van der Waals surface area contributed by atoms with E-state index in [1.807, 2.05) is 68.4 Å². The molecule has 0 spiro atoms. The van der Waals surface area contributed by atoms with Gasteiger partial charge in [-0.25, -0.2) is 4.79 Å². The van der Waals surface area contributed by atoms with E-state index in [0.717, 1.165) is 16.6 Å². The first-order valence-electron chi connectivity index (χ1n) is 11.4. The van der Waals surface area contributed by atoms with E-state index in [4.69, 9.17) is 0 Å². The van der Waals surface area contributed by atoms with Crippen molar-refractivity contribution in [3.8, 4) is 0 Å². The molecule has 0 aliphatic carbocycles. The summed E-state index contributed by atoms with van der Waals surface area (Å²) in [6.07, 6.45) is 0.105. The van der Waals surface area contributed by atoms with Gasteiger partial charge >= 0.3 is 5.69 Å². The second-order valence-corrected chi connectivity index (χ2v) is 8.12. The van der Waals surface area contributed by atoms with Crippen LogP contribution >= 0.6 is 0 Å². The van der Waals surface area contributed by atoms with Crippen LogP contribution in [0.1, 0.15) is 42.2 Å². The lowest BCUT2D eigenvalue weighted by Crippen LogP contribution is -2.28. The summed E-state index contributed by atoms with van der Waals surface area (Å²) in [5.41, 5.74) is 3.34. The van der Waals surface area contributed by atoms with Crippen LogP contribution in [-0.4, -0.2) is 20.9 Å². The molecule has 1 unspecified atom stereocenters. The number of carbonyl (C=O) groups is 2. The van der Waals surface area contributed by atoms with Gasteiger partial charge < -0.3 is 10.6 Å². The van der Waals surface area contributed by atoms with Gasteiger partial charge in [0.1, 0.15) is 0 Å². The zero-order chi connectivity index (χ0) is 24.1. The van der Waals surface area contributed by atoms with E-state index in [0.29, 0.717) is 17.8 Å². The molecule has 0 saturated heterocycles. The molecule has 0 radical (unpaired) electrons. The number of fused-ring (bicyclic) bond motifs is 1. The molecule has 4 rings (SSSR count). The Morgan fingerprint density at radius 1 is 0.853 bits per heavy atom. The molecule has 1 atom stereocenters. The van der Waals surface area contributed by atoms with Gasteiger partial charge in [0.15, 0.2) is 0 Å². The van der Waals surface area contributed by atoms with Crippen molar-refractivity contribution in [2.24, 2.45) is 0 Å². The number of aromatic nitrogens is 2. The lowest BCUT2D eigenvalue weighted by molar-refractivity contribution is -0.116.